The van der Waals surface area contributed by atoms with Crippen LogP contribution in [0.4, 0.5) is 4.79 Å². The van der Waals surface area contributed by atoms with Crippen molar-refractivity contribution < 1.29 is 13.9 Å². The van der Waals surface area contributed by atoms with Gasteiger partial charge in [0, 0.05) is 17.6 Å². The normalized spacial score (nSPS) is 22.7. The monoisotopic (exact) mass is 316 g/mol. The molecule has 0 spiro atoms. The van der Waals surface area contributed by atoms with E-state index in [1.54, 1.807) is 0 Å². The predicted octanol–water partition coefficient (Wildman–Crippen LogP) is 3.67. The fourth-order valence-electron chi connectivity index (χ4n) is 3.21. The van der Waals surface area contributed by atoms with Crippen molar-refractivity contribution in [3.63, 3.8) is 0 Å². The first kappa shape index (κ1) is 15.9. The maximum absolute atomic E-state index is 12.3. The maximum Gasteiger partial charge on any atom is 0.315 e. The minimum Gasteiger partial charge on any atom is -0.459 e. The Morgan fingerprint density at radius 1 is 1.35 bits per heavy atom. The molecule has 2 atom stereocenters. The molecule has 3 rings (SSSR count). The molecule has 2 heterocycles. The summed E-state index contributed by atoms with van der Waals surface area (Å²) in [6.45, 7) is 7.30. The minimum atomic E-state index is -0.301. The number of hydrogen-bond acceptors (Lipinski definition) is 3. The number of hydrogen-bond donors (Lipinski definition) is 2. The number of furan rings is 1. The van der Waals surface area contributed by atoms with Crippen LogP contribution in [-0.4, -0.2) is 24.8 Å². The summed E-state index contributed by atoms with van der Waals surface area (Å²) in [5.74, 6) is 0.798. The zero-order valence-corrected chi connectivity index (χ0v) is 13.9. The van der Waals surface area contributed by atoms with Crippen molar-refractivity contribution in [2.45, 2.75) is 45.2 Å². The first-order valence-electron chi connectivity index (χ1n) is 8.13. The number of aryl methyl sites for hydroxylation is 1. The van der Waals surface area contributed by atoms with Crippen molar-refractivity contribution in [1.29, 1.82) is 0 Å². The van der Waals surface area contributed by atoms with Gasteiger partial charge < -0.3 is 19.8 Å². The van der Waals surface area contributed by atoms with Crippen molar-refractivity contribution >= 4 is 17.0 Å². The number of carbonyl (C=O) groups excluding carboxylic acids is 1. The lowest BCUT2D eigenvalue weighted by atomic mass is 9.95. The third kappa shape index (κ3) is 3.34. The summed E-state index contributed by atoms with van der Waals surface area (Å²) < 4.78 is 11.4. The number of urea groups is 1. The average Bonchev–Trinajstić information content (AvgIpc) is 2.85. The van der Waals surface area contributed by atoms with E-state index in [0.29, 0.717) is 6.61 Å². The lowest BCUT2D eigenvalue weighted by molar-refractivity contribution is 0.0331. The third-order valence-corrected chi connectivity index (χ3v) is 4.47. The Morgan fingerprint density at radius 2 is 2.13 bits per heavy atom. The van der Waals surface area contributed by atoms with E-state index in [4.69, 9.17) is 9.15 Å². The smallest absolute Gasteiger partial charge is 0.315 e. The van der Waals surface area contributed by atoms with E-state index in [0.717, 1.165) is 41.7 Å². The largest absolute Gasteiger partial charge is 0.459 e. The molecule has 1 fully saturated rings. The van der Waals surface area contributed by atoms with Gasteiger partial charge in [0.2, 0.25) is 0 Å². The highest BCUT2D eigenvalue weighted by atomic mass is 16.5. The first-order chi connectivity index (χ1) is 11.0. The Labute approximate surface area is 136 Å². The molecular formula is C18H24N2O3. The molecule has 0 radical (unpaired) electrons. The summed E-state index contributed by atoms with van der Waals surface area (Å²) in [5, 5.41) is 7.09. The SMILES string of the molecule is Cc1c(C(C)NC(=O)NC2(C)CCCOC2)oc2ccccc12. The number of nitrogens with one attached hydrogen (secondary N) is 2. The number of rotatable bonds is 3. The van der Waals surface area contributed by atoms with Crippen molar-refractivity contribution in [1.82, 2.24) is 10.6 Å². The quantitative estimate of drug-likeness (QED) is 0.908. The van der Waals surface area contributed by atoms with Crippen LogP contribution in [0, 0.1) is 6.92 Å². The van der Waals surface area contributed by atoms with Gasteiger partial charge in [0.15, 0.2) is 0 Å². The van der Waals surface area contributed by atoms with Crippen LogP contribution in [0.3, 0.4) is 0 Å². The Morgan fingerprint density at radius 3 is 2.83 bits per heavy atom. The second kappa shape index (κ2) is 6.24. The highest BCUT2D eigenvalue weighted by molar-refractivity contribution is 5.82. The number of carbonyl (C=O) groups is 1. The molecule has 0 saturated carbocycles. The molecule has 5 heteroatoms. The summed E-state index contributed by atoms with van der Waals surface area (Å²) in [6.07, 6.45) is 1.90. The molecule has 2 unspecified atom stereocenters. The molecule has 5 nitrogen and oxygen atoms in total. The molecule has 2 N–H and O–H groups in total. The molecule has 2 aromatic rings. The van der Waals surface area contributed by atoms with E-state index >= 15 is 0 Å². The molecular weight excluding hydrogens is 292 g/mol. The molecule has 1 aromatic heterocycles. The Balaban J connectivity index is 1.69. The van der Waals surface area contributed by atoms with E-state index in [-0.39, 0.29) is 17.6 Å². The highest BCUT2D eigenvalue weighted by Crippen LogP contribution is 2.29. The molecule has 1 aromatic carbocycles. The van der Waals surface area contributed by atoms with Gasteiger partial charge in [-0.2, -0.15) is 0 Å². The van der Waals surface area contributed by atoms with E-state index < -0.39 is 0 Å². The van der Waals surface area contributed by atoms with Crippen molar-refractivity contribution in [3.8, 4) is 0 Å². The van der Waals surface area contributed by atoms with Gasteiger partial charge in [-0.25, -0.2) is 4.79 Å². The summed E-state index contributed by atoms with van der Waals surface area (Å²) >= 11 is 0. The zero-order chi connectivity index (χ0) is 16.4. The topological polar surface area (TPSA) is 63.5 Å². The maximum atomic E-state index is 12.3. The van der Waals surface area contributed by atoms with E-state index in [1.165, 1.54) is 0 Å². The summed E-state index contributed by atoms with van der Waals surface area (Å²) in [4.78, 5) is 12.3. The van der Waals surface area contributed by atoms with Crippen LogP contribution in [0.1, 0.15) is 44.1 Å². The van der Waals surface area contributed by atoms with Gasteiger partial charge in [-0.05, 0) is 39.7 Å². The van der Waals surface area contributed by atoms with Gasteiger partial charge in [0.05, 0.1) is 18.2 Å². The number of benzene rings is 1. The molecule has 2 amide bonds. The van der Waals surface area contributed by atoms with Gasteiger partial charge in [-0.15, -0.1) is 0 Å². The summed E-state index contributed by atoms with van der Waals surface area (Å²) in [5.41, 5.74) is 1.62. The third-order valence-electron chi connectivity index (χ3n) is 4.47. The van der Waals surface area contributed by atoms with Crippen LogP contribution >= 0.6 is 0 Å². The standard InChI is InChI=1S/C18H24N2O3/c1-12-14-7-4-5-8-15(14)23-16(12)13(2)19-17(21)20-18(3)9-6-10-22-11-18/h4-5,7-8,13H,6,9-11H2,1-3H3,(H2,19,20,21). The molecule has 1 aliphatic heterocycles. The van der Waals surface area contributed by atoms with Gasteiger partial charge in [-0.1, -0.05) is 18.2 Å². The minimum absolute atomic E-state index is 0.189. The lowest BCUT2D eigenvalue weighted by Crippen LogP contribution is -2.54. The van der Waals surface area contributed by atoms with Crippen LogP contribution in [0.2, 0.25) is 0 Å². The molecule has 124 valence electrons. The van der Waals surface area contributed by atoms with Gasteiger partial charge >= 0.3 is 6.03 Å². The highest BCUT2D eigenvalue weighted by Gasteiger charge is 2.30. The first-order valence-corrected chi connectivity index (χ1v) is 8.13. The lowest BCUT2D eigenvalue weighted by Gasteiger charge is -2.34. The number of amides is 2. The molecule has 1 saturated heterocycles. The zero-order valence-electron chi connectivity index (χ0n) is 13.9. The van der Waals surface area contributed by atoms with Gasteiger partial charge in [0.1, 0.15) is 11.3 Å². The van der Waals surface area contributed by atoms with Crippen molar-refractivity contribution in [3.05, 3.63) is 35.6 Å². The second-order valence-corrected chi connectivity index (χ2v) is 6.62. The second-order valence-electron chi connectivity index (χ2n) is 6.62. The van der Waals surface area contributed by atoms with Crippen molar-refractivity contribution in [2.75, 3.05) is 13.2 Å². The van der Waals surface area contributed by atoms with Gasteiger partial charge in [-0.3, -0.25) is 0 Å². The van der Waals surface area contributed by atoms with E-state index in [2.05, 4.69) is 10.6 Å². The number of para-hydroxylation sites is 1. The van der Waals surface area contributed by atoms with Crippen LogP contribution in [0.5, 0.6) is 0 Å². The van der Waals surface area contributed by atoms with Crippen molar-refractivity contribution in [2.24, 2.45) is 0 Å². The van der Waals surface area contributed by atoms with Crippen LogP contribution in [0.15, 0.2) is 28.7 Å². The Kier molecular flexibility index (Phi) is 4.31. The van der Waals surface area contributed by atoms with Crippen LogP contribution in [0.25, 0.3) is 11.0 Å². The predicted molar refractivity (Wildman–Crippen MR) is 89.5 cm³/mol. The average molecular weight is 316 g/mol. The van der Waals surface area contributed by atoms with Crippen LogP contribution < -0.4 is 10.6 Å². The van der Waals surface area contributed by atoms with Crippen LogP contribution in [-0.2, 0) is 4.74 Å². The van der Waals surface area contributed by atoms with E-state index in [1.807, 2.05) is 45.0 Å². The Hall–Kier alpha value is -2.01. The number of ether oxygens (including phenoxy) is 1. The molecule has 0 aliphatic carbocycles. The fraction of sp³-hybridized carbons (Fsp3) is 0.500. The summed E-state index contributed by atoms with van der Waals surface area (Å²) in [6, 6.07) is 7.53. The fourth-order valence-corrected chi connectivity index (χ4v) is 3.21. The molecule has 0 bridgehead atoms. The Bertz CT molecular complexity index is 701. The van der Waals surface area contributed by atoms with Gasteiger partial charge in [0.25, 0.3) is 0 Å². The van der Waals surface area contributed by atoms with E-state index in [9.17, 15) is 4.79 Å². The molecule has 23 heavy (non-hydrogen) atoms. The number of fused-ring (bicyclic) bond motifs is 1. The molecule has 1 aliphatic rings. The summed E-state index contributed by atoms with van der Waals surface area (Å²) in [7, 11) is 0.